The molecule has 1 rings (SSSR count). The SMILES string of the molecule is CC(=O)NCCOc1ccc(NC(N)=S)cc1OCCNC(C)=O. The Labute approximate surface area is 146 Å². The summed E-state index contributed by atoms with van der Waals surface area (Å²) in [6.07, 6.45) is 0. The van der Waals surface area contributed by atoms with E-state index >= 15 is 0 Å². The first-order valence-electron chi connectivity index (χ1n) is 7.33. The number of amides is 2. The minimum absolute atomic E-state index is 0.124. The summed E-state index contributed by atoms with van der Waals surface area (Å²) in [7, 11) is 0. The van der Waals surface area contributed by atoms with Gasteiger partial charge in [0.25, 0.3) is 0 Å². The van der Waals surface area contributed by atoms with E-state index in [0.29, 0.717) is 36.9 Å². The number of hydrogen-bond acceptors (Lipinski definition) is 5. The van der Waals surface area contributed by atoms with Crippen molar-refractivity contribution >= 4 is 34.8 Å². The highest BCUT2D eigenvalue weighted by atomic mass is 32.1. The van der Waals surface area contributed by atoms with E-state index < -0.39 is 0 Å². The van der Waals surface area contributed by atoms with Crippen molar-refractivity contribution in [3.63, 3.8) is 0 Å². The van der Waals surface area contributed by atoms with E-state index in [9.17, 15) is 9.59 Å². The molecule has 0 heterocycles. The van der Waals surface area contributed by atoms with E-state index in [1.807, 2.05) is 0 Å². The van der Waals surface area contributed by atoms with E-state index in [4.69, 9.17) is 27.4 Å². The van der Waals surface area contributed by atoms with Crippen molar-refractivity contribution < 1.29 is 19.1 Å². The third-order valence-electron chi connectivity index (χ3n) is 2.68. The van der Waals surface area contributed by atoms with Gasteiger partial charge < -0.3 is 31.2 Å². The first kappa shape index (κ1) is 19.5. The number of thiocarbonyl (C=S) groups is 1. The molecule has 1 aromatic carbocycles. The highest BCUT2D eigenvalue weighted by Gasteiger charge is 2.08. The van der Waals surface area contributed by atoms with Crippen molar-refractivity contribution in [2.45, 2.75) is 13.8 Å². The van der Waals surface area contributed by atoms with E-state index in [1.165, 1.54) is 13.8 Å². The van der Waals surface area contributed by atoms with Crippen molar-refractivity contribution in [1.29, 1.82) is 0 Å². The Morgan fingerprint density at radius 1 is 1.04 bits per heavy atom. The second-order valence-corrected chi connectivity index (χ2v) is 5.25. The van der Waals surface area contributed by atoms with Gasteiger partial charge >= 0.3 is 0 Å². The average Bonchev–Trinajstić information content (AvgIpc) is 2.48. The van der Waals surface area contributed by atoms with E-state index in [0.717, 1.165) is 0 Å². The predicted octanol–water partition coefficient (Wildman–Crippen LogP) is 0.372. The summed E-state index contributed by atoms with van der Waals surface area (Å²) < 4.78 is 11.2. The molecule has 0 radical (unpaired) electrons. The molecule has 132 valence electrons. The number of nitrogens with one attached hydrogen (secondary N) is 3. The number of hydrogen-bond donors (Lipinski definition) is 4. The van der Waals surface area contributed by atoms with Crippen LogP contribution in [-0.4, -0.2) is 43.2 Å². The van der Waals surface area contributed by atoms with Gasteiger partial charge in [0.15, 0.2) is 16.6 Å². The number of anilines is 1. The van der Waals surface area contributed by atoms with Crippen LogP contribution in [0.2, 0.25) is 0 Å². The van der Waals surface area contributed by atoms with Crippen LogP contribution in [0.3, 0.4) is 0 Å². The molecule has 24 heavy (non-hydrogen) atoms. The molecule has 0 bridgehead atoms. The van der Waals surface area contributed by atoms with Crippen LogP contribution in [0.1, 0.15) is 13.8 Å². The number of carbonyl (C=O) groups is 2. The third kappa shape index (κ3) is 8.18. The number of benzene rings is 1. The summed E-state index contributed by atoms with van der Waals surface area (Å²) in [4.78, 5) is 21.7. The lowest BCUT2D eigenvalue weighted by molar-refractivity contribution is -0.119. The fraction of sp³-hybridized carbons (Fsp3) is 0.400. The number of carbonyl (C=O) groups excluding carboxylic acids is 2. The molecule has 0 saturated carbocycles. The van der Waals surface area contributed by atoms with Gasteiger partial charge in [0.2, 0.25) is 11.8 Å². The molecule has 0 aliphatic rings. The van der Waals surface area contributed by atoms with Crippen molar-refractivity contribution in [3.05, 3.63) is 18.2 Å². The van der Waals surface area contributed by atoms with Crippen molar-refractivity contribution in [2.75, 3.05) is 31.6 Å². The van der Waals surface area contributed by atoms with Crippen LogP contribution in [0.25, 0.3) is 0 Å². The topological polar surface area (TPSA) is 115 Å². The summed E-state index contributed by atoms with van der Waals surface area (Å²) in [6.45, 7) is 4.19. The molecule has 0 aliphatic heterocycles. The lowest BCUT2D eigenvalue weighted by Crippen LogP contribution is -2.26. The molecule has 0 aliphatic carbocycles. The van der Waals surface area contributed by atoms with Gasteiger partial charge in [-0.3, -0.25) is 9.59 Å². The molecule has 0 atom stereocenters. The zero-order chi connectivity index (χ0) is 17.9. The monoisotopic (exact) mass is 354 g/mol. The first-order chi connectivity index (χ1) is 11.4. The number of rotatable bonds is 9. The summed E-state index contributed by atoms with van der Waals surface area (Å²) in [6, 6.07) is 5.15. The van der Waals surface area contributed by atoms with Crippen molar-refractivity contribution in [2.24, 2.45) is 5.73 Å². The predicted molar refractivity (Wildman–Crippen MR) is 95.2 cm³/mol. The summed E-state index contributed by atoms with van der Waals surface area (Å²) >= 11 is 4.81. The van der Waals surface area contributed by atoms with E-state index in [-0.39, 0.29) is 23.5 Å². The Kier molecular flexibility index (Phi) is 8.34. The Morgan fingerprint density at radius 3 is 2.08 bits per heavy atom. The maximum absolute atomic E-state index is 10.9. The molecule has 9 heteroatoms. The number of nitrogens with two attached hydrogens (primary N) is 1. The lowest BCUT2D eigenvalue weighted by atomic mass is 10.2. The van der Waals surface area contributed by atoms with Gasteiger partial charge in [-0.2, -0.15) is 0 Å². The molecular weight excluding hydrogens is 332 g/mol. The Balaban J connectivity index is 2.69. The molecule has 0 aromatic heterocycles. The van der Waals surface area contributed by atoms with Crippen LogP contribution >= 0.6 is 12.2 Å². The van der Waals surface area contributed by atoms with Crippen molar-refractivity contribution in [1.82, 2.24) is 10.6 Å². The van der Waals surface area contributed by atoms with Gasteiger partial charge in [-0.1, -0.05) is 0 Å². The standard InChI is InChI=1S/C15H22N4O4S/c1-10(20)17-5-7-22-13-4-3-12(19-15(16)24)9-14(13)23-8-6-18-11(2)21/h3-4,9H,5-8H2,1-2H3,(H,17,20)(H,18,21)(H3,16,19,24). The quantitative estimate of drug-likeness (QED) is 0.374. The van der Waals surface area contributed by atoms with Gasteiger partial charge in [0.1, 0.15) is 13.2 Å². The normalized spacial score (nSPS) is 9.75. The molecule has 0 saturated heterocycles. The summed E-state index contributed by atoms with van der Waals surface area (Å²) in [5.74, 6) is 0.733. The third-order valence-corrected chi connectivity index (χ3v) is 2.78. The fourth-order valence-electron chi connectivity index (χ4n) is 1.74. The highest BCUT2D eigenvalue weighted by Crippen LogP contribution is 2.30. The maximum Gasteiger partial charge on any atom is 0.216 e. The van der Waals surface area contributed by atoms with Crippen LogP contribution in [0.5, 0.6) is 11.5 Å². The minimum Gasteiger partial charge on any atom is -0.488 e. The molecule has 8 nitrogen and oxygen atoms in total. The second-order valence-electron chi connectivity index (χ2n) is 4.81. The van der Waals surface area contributed by atoms with E-state index in [1.54, 1.807) is 18.2 Å². The van der Waals surface area contributed by atoms with Crippen molar-refractivity contribution in [3.8, 4) is 11.5 Å². The molecule has 0 fully saturated rings. The largest absolute Gasteiger partial charge is 0.488 e. The minimum atomic E-state index is -0.130. The summed E-state index contributed by atoms with van der Waals surface area (Å²) in [5.41, 5.74) is 6.11. The Morgan fingerprint density at radius 2 is 1.58 bits per heavy atom. The van der Waals surface area contributed by atoms with E-state index in [2.05, 4.69) is 16.0 Å². The average molecular weight is 354 g/mol. The zero-order valence-corrected chi connectivity index (χ0v) is 14.5. The van der Waals surface area contributed by atoms with Crippen LogP contribution in [0, 0.1) is 0 Å². The molecule has 0 unspecified atom stereocenters. The molecular formula is C15H22N4O4S. The van der Waals surface area contributed by atoms with Crippen LogP contribution in [0.4, 0.5) is 5.69 Å². The van der Waals surface area contributed by atoms with Gasteiger partial charge in [0.05, 0.1) is 13.1 Å². The van der Waals surface area contributed by atoms with Gasteiger partial charge in [-0.15, -0.1) is 0 Å². The van der Waals surface area contributed by atoms with Gasteiger partial charge in [0, 0.05) is 25.6 Å². The summed E-state index contributed by atoms with van der Waals surface area (Å²) in [5, 5.41) is 8.23. The molecule has 5 N–H and O–H groups in total. The van der Waals surface area contributed by atoms with Crippen LogP contribution in [-0.2, 0) is 9.59 Å². The highest BCUT2D eigenvalue weighted by molar-refractivity contribution is 7.80. The fourth-order valence-corrected chi connectivity index (χ4v) is 1.85. The second kappa shape index (κ2) is 10.3. The zero-order valence-electron chi connectivity index (χ0n) is 13.7. The van der Waals surface area contributed by atoms with Gasteiger partial charge in [-0.05, 0) is 24.4 Å². The molecule has 2 amide bonds. The van der Waals surface area contributed by atoms with Crippen LogP contribution in [0.15, 0.2) is 18.2 Å². The molecule has 1 aromatic rings. The number of ether oxygens (including phenoxy) is 2. The lowest BCUT2D eigenvalue weighted by Gasteiger charge is -2.15. The Bertz CT molecular complexity index is 595. The van der Waals surface area contributed by atoms with Crippen LogP contribution < -0.4 is 31.2 Å². The smallest absolute Gasteiger partial charge is 0.216 e. The molecule has 0 spiro atoms. The maximum atomic E-state index is 10.9. The Hall–Kier alpha value is -2.55. The van der Waals surface area contributed by atoms with Gasteiger partial charge in [-0.25, -0.2) is 0 Å². The first-order valence-corrected chi connectivity index (χ1v) is 7.74.